The Labute approximate surface area is 100 Å². The molecule has 4 N–H and O–H groups in total. The molecular formula is C8H9N5O5. The van der Waals surface area contributed by atoms with Crippen LogP contribution in [0.5, 0.6) is 0 Å². The minimum atomic E-state index is -1.54. The Kier molecular flexibility index (Phi) is 4.49. The van der Waals surface area contributed by atoms with Gasteiger partial charge in [-0.2, -0.15) is 5.10 Å². The molecule has 10 nitrogen and oxygen atoms in total. The van der Waals surface area contributed by atoms with Gasteiger partial charge in [0.1, 0.15) is 6.04 Å². The second-order valence-electron chi connectivity index (χ2n) is 3.05. The molecule has 0 fully saturated rings. The SMILES string of the molecule is O=C(O)CC(NC(=O)Nc1nccnn1)C(=O)O. The number of nitrogens with one attached hydrogen (secondary N) is 2. The molecule has 0 spiro atoms. The zero-order valence-corrected chi connectivity index (χ0v) is 8.90. The summed E-state index contributed by atoms with van der Waals surface area (Å²) in [6, 6.07) is -2.48. The Hall–Kier alpha value is -2.78. The first kappa shape index (κ1) is 13.3. The number of hydrogen-bond donors (Lipinski definition) is 4. The number of rotatable bonds is 5. The molecule has 0 aliphatic carbocycles. The molecule has 0 aliphatic heterocycles. The lowest BCUT2D eigenvalue weighted by Crippen LogP contribution is -2.44. The first-order valence-electron chi connectivity index (χ1n) is 4.65. The molecular weight excluding hydrogens is 246 g/mol. The van der Waals surface area contributed by atoms with E-state index in [9.17, 15) is 14.4 Å². The molecule has 1 unspecified atom stereocenters. The standard InChI is InChI=1S/C8H9N5O5/c14-5(15)3-4(6(16)17)11-8(18)12-7-9-1-2-10-13-7/h1-2,4H,3H2,(H,14,15)(H,16,17)(H2,9,11,12,13,18). The first-order chi connectivity index (χ1) is 8.49. The van der Waals surface area contributed by atoms with Crippen LogP contribution in [0.25, 0.3) is 0 Å². The Balaban J connectivity index is 2.56. The highest BCUT2D eigenvalue weighted by molar-refractivity contribution is 5.92. The van der Waals surface area contributed by atoms with Crippen molar-refractivity contribution in [1.82, 2.24) is 20.5 Å². The number of nitrogens with zero attached hydrogens (tertiary/aromatic N) is 3. The maximum atomic E-state index is 11.3. The van der Waals surface area contributed by atoms with E-state index < -0.39 is 30.4 Å². The Morgan fingerprint density at radius 3 is 2.50 bits per heavy atom. The van der Waals surface area contributed by atoms with Crippen LogP contribution in [0.3, 0.4) is 0 Å². The fourth-order valence-electron chi connectivity index (χ4n) is 0.975. The molecule has 1 aromatic rings. The van der Waals surface area contributed by atoms with Crippen molar-refractivity contribution in [2.45, 2.75) is 12.5 Å². The number of carbonyl (C=O) groups excluding carboxylic acids is 1. The summed E-state index contributed by atoms with van der Waals surface area (Å²) in [4.78, 5) is 36.0. The van der Waals surface area contributed by atoms with E-state index in [0.717, 1.165) is 0 Å². The van der Waals surface area contributed by atoms with Crippen LogP contribution in [0.4, 0.5) is 10.7 Å². The van der Waals surface area contributed by atoms with Crippen molar-refractivity contribution in [2.75, 3.05) is 5.32 Å². The molecule has 10 heteroatoms. The minimum absolute atomic E-state index is 0.130. The zero-order chi connectivity index (χ0) is 13.5. The average molecular weight is 255 g/mol. The maximum absolute atomic E-state index is 11.3. The number of aliphatic carboxylic acids is 2. The van der Waals surface area contributed by atoms with E-state index in [1.807, 2.05) is 5.32 Å². The molecule has 0 aromatic carbocycles. The van der Waals surface area contributed by atoms with Crippen LogP contribution in [0.1, 0.15) is 6.42 Å². The molecule has 1 heterocycles. The number of carboxylic acids is 2. The average Bonchev–Trinajstić information content (AvgIpc) is 2.28. The van der Waals surface area contributed by atoms with E-state index >= 15 is 0 Å². The molecule has 1 rings (SSSR count). The van der Waals surface area contributed by atoms with Gasteiger partial charge in [0.25, 0.3) is 5.95 Å². The number of carbonyl (C=O) groups is 3. The predicted molar refractivity (Wildman–Crippen MR) is 55.7 cm³/mol. The fraction of sp³-hybridized carbons (Fsp3) is 0.250. The summed E-state index contributed by atoms with van der Waals surface area (Å²) in [5.74, 6) is -2.94. The molecule has 1 atom stereocenters. The number of urea groups is 1. The quantitative estimate of drug-likeness (QED) is 0.517. The summed E-state index contributed by atoms with van der Waals surface area (Å²) < 4.78 is 0. The van der Waals surface area contributed by atoms with Gasteiger partial charge >= 0.3 is 18.0 Å². The highest BCUT2D eigenvalue weighted by Gasteiger charge is 2.23. The van der Waals surface area contributed by atoms with Gasteiger partial charge in [-0.05, 0) is 0 Å². The molecule has 2 amide bonds. The van der Waals surface area contributed by atoms with Gasteiger partial charge in [0, 0.05) is 0 Å². The lowest BCUT2D eigenvalue weighted by Gasteiger charge is -2.12. The number of carboxylic acid groups (broad SMARTS) is 2. The van der Waals surface area contributed by atoms with Gasteiger partial charge in [0.2, 0.25) is 0 Å². The van der Waals surface area contributed by atoms with Crippen LogP contribution in [-0.4, -0.2) is 49.4 Å². The summed E-state index contributed by atoms with van der Waals surface area (Å²) in [7, 11) is 0. The third-order valence-corrected chi connectivity index (χ3v) is 1.69. The van der Waals surface area contributed by atoms with Crippen LogP contribution in [0, 0.1) is 0 Å². The molecule has 0 radical (unpaired) electrons. The number of anilines is 1. The second-order valence-corrected chi connectivity index (χ2v) is 3.05. The van der Waals surface area contributed by atoms with E-state index in [0.29, 0.717) is 0 Å². The van der Waals surface area contributed by atoms with Crippen molar-refractivity contribution in [3.63, 3.8) is 0 Å². The van der Waals surface area contributed by atoms with E-state index in [1.54, 1.807) is 0 Å². The van der Waals surface area contributed by atoms with Gasteiger partial charge in [-0.1, -0.05) is 0 Å². The van der Waals surface area contributed by atoms with Gasteiger partial charge in [-0.3, -0.25) is 10.1 Å². The Morgan fingerprint density at radius 2 is 2.00 bits per heavy atom. The van der Waals surface area contributed by atoms with Gasteiger partial charge in [0.15, 0.2) is 0 Å². The third kappa shape index (κ3) is 4.38. The van der Waals surface area contributed by atoms with Crippen molar-refractivity contribution in [3.8, 4) is 0 Å². The molecule has 0 aliphatic rings. The lowest BCUT2D eigenvalue weighted by molar-refractivity contribution is -0.145. The second kappa shape index (κ2) is 6.08. The van der Waals surface area contributed by atoms with Crippen molar-refractivity contribution >= 4 is 23.9 Å². The first-order valence-corrected chi connectivity index (χ1v) is 4.65. The van der Waals surface area contributed by atoms with E-state index in [4.69, 9.17) is 10.2 Å². The van der Waals surface area contributed by atoms with Crippen molar-refractivity contribution in [3.05, 3.63) is 12.4 Å². The van der Waals surface area contributed by atoms with Gasteiger partial charge in [-0.15, -0.1) is 5.10 Å². The number of hydrogen-bond acceptors (Lipinski definition) is 6. The Bertz CT molecular complexity index is 450. The van der Waals surface area contributed by atoms with E-state index in [2.05, 4.69) is 20.5 Å². The highest BCUT2D eigenvalue weighted by atomic mass is 16.4. The number of amides is 2. The van der Waals surface area contributed by atoms with Crippen molar-refractivity contribution in [1.29, 1.82) is 0 Å². The van der Waals surface area contributed by atoms with Crippen molar-refractivity contribution < 1.29 is 24.6 Å². The zero-order valence-electron chi connectivity index (χ0n) is 8.90. The van der Waals surface area contributed by atoms with Crippen LogP contribution in [-0.2, 0) is 9.59 Å². The van der Waals surface area contributed by atoms with E-state index in [1.165, 1.54) is 12.4 Å². The molecule has 0 bridgehead atoms. The normalized spacial score (nSPS) is 11.3. The summed E-state index contributed by atoms with van der Waals surface area (Å²) in [6.07, 6.45) is 1.82. The van der Waals surface area contributed by atoms with Crippen LogP contribution in [0.15, 0.2) is 12.4 Å². The fourth-order valence-corrected chi connectivity index (χ4v) is 0.975. The predicted octanol–water partition coefficient (Wildman–Crippen LogP) is -1.08. The summed E-state index contributed by atoms with van der Waals surface area (Å²) in [5.41, 5.74) is 0. The smallest absolute Gasteiger partial charge is 0.326 e. The van der Waals surface area contributed by atoms with Gasteiger partial charge in [-0.25, -0.2) is 14.6 Å². The maximum Gasteiger partial charge on any atom is 0.326 e. The van der Waals surface area contributed by atoms with Crippen LogP contribution in [0.2, 0.25) is 0 Å². The monoisotopic (exact) mass is 255 g/mol. The van der Waals surface area contributed by atoms with Crippen LogP contribution < -0.4 is 10.6 Å². The van der Waals surface area contributed by atoms with Gasteiger partial charge in [0.05, 0.1) is 18.8 Å². The Morgan fingerprint density at radius 1 is 1.28 bits per heavy atom. The number of aromatic nitrogens is 3. The highest BCUT2D eigenvalue weighted by Crippen LogP contribution is 1.96. The largest absolute Gasteiger partial charge is 0.481 e. The molecule has 96 valence electrons. The van der Waals surface area contributed by atoms with Crippen molar-refractivity contribution in [2.24, 2.45) is 0 Å². The minimum Gasteiger partial charge on any atom is -0.481 e. The van der Waals surface area contributed by atoms with Gasteiger partial charge < -0.3 is 15.5 Å². The lowest BCUT2D eigenvalue weighted by atomic mass is 10.2. The topological polar surface area (TPSA) is 154 Å². The summed E-state index contributed by atoms with van der Waals surface area (Å²) in [5, 5.41) is 28.1. The molecule has 18 heavy (non-hydrogen) atoms. The summed E-state index contributed by atoms with van der Waals surface area (Å²) >= 11 is 0. The molecule has 0 saturated carbocycles. The molecule has 1 aromatic heterocycles. The third-order valence-electron chi connectivity index (χ3n) is 1.69. The van der Waals surface area contributed by atoms with Crippen LogP contribution >= 0.6 is 0 Å². The molecule has 0 saturated heterocycles. The summed E-state index contributed by atoms with van der Waals surface area (Å²) in [6.45, 7) is 0. The van der Waals surface area contributed by atoms with E-state index in [-0.39, 0.29) is 5.95 Å².